The molecule has 5 N–H and O–H groups in total. The highest BCUT2D eigenvalue weighted by Gasteiger charge is 2.19. The summed E-state index contributed by atoms with van der Waals surface area (Å²) >= 11 is 5.24. The molecule has 0 aliphatic carbocycles. The van der Waals surface area contributed by atoms with E-state index in [1.165, 1.54) is 12.1 Å². The number of hydrogen-bond donors (Lipinski definition) is 5. The lowest BCUT2D eigenvalue weighted by atomic mass is 10.1. The van der Waals surface area contributed by atoms with Gasteiger partial charge in [0.2, 0.25) is 5.91 Å². The largest absolute Gasteiger partial charge is 0.480 e. The average Bonchev–Trinajstić information content (AvgIpc) is 2.83. The second kappa shape index (κ2) is 12.7. The van der Waals surface area contributed by atoms with Gasteiger partial charge in [0, 0.05) is 25.1 Å². The van der Waals surface area contributed by atoms with Crippen LogP contribution in [0.5, 0.6) is 0 Å². The van der Waals surface area contributed by atoms with E-state index in [-0.39, 0.29) is 30.6 Å². The number of unbranched alkanes of at least 4 members (excludes halogenated alkanes) is 1. The zero-order valence-electron chi connectivity index (χ0n) is 19.8. The minimum atomic E-state index is -1.11. The summed E-state index contributed by atoms with van der Waals surface area (Å²) in [6.07, 6.45) is 1.61. The van der Waals surface area contributed by atoms with Crippen molar-refractivity contribution in [3.63, 3.8) is 0 Å². The number of carbonyl (C=O) groups excluding carboxylic acids is 1. The Kier molecular flexibility index (Phi) is 9.46. The van der Waals surface area contributed by atoms with Crippen LogP contribution in [0.2, 0.25) is 0 Å². The van der Waals surface area contributed by atoms with Crippen molar-refractivity contribution in [2.24, 2.45) is 0 Å². The normalized spacial score (nSPS) is 11.6. The van der Waals surface area contributed by atoms with E-state index in [1.54, 1.807) is 37.3 Å². The molecule has 0 saturated heterocycles. The first-order valence-electron chi connectivity index (χ1n) is 11.5. The van der Waals surface area contributed by atoms with Crippen LogP contribution in [0.3, 0.4) is 0 Å². The molecule has 0 saturated carbocycles. The average molecular weight is 514 g/mol. The number of anilines is 1. The number of aliphatic carboxylic acids is 1. The number of aromatic nitrogens is 2. The number of H-pyrrole nitrogens is 1. The van der Waals surface area contributed by atoms with Crippen LogP contribution in [0.25, 0.3) is 10.9 Å². The maximum atomic E-state index is 13.2. The molecule has 0 unspecified atom stereocenters. The molecule has 0 spiro atoms. The van der Waals surface area contributed by atoms with Gasteiger partial charge in [-0.25, -0.2) is 14.2 Å². The molecule has 2 aromatic carbocycles. The van der Waals surface area contributed by atoms with Crippen LogP contribution in [0.15, 0.2) is 47.3 Å². The lowest BCUT2D eigenvalue weighted by Crippen LogP contribution is -2.41. The Morgan fingerprint density at radius 2 is 1.97 bits per heavy atom. The van der Waals surface area contributed by atoms with Gasteiger partial charge in [-0.2, -0.15) is 0 Å². The quantitative estimate of drug-likeness (QED) is 0.195. The lowest BCUT2D eigenvalue weighted by Gasteiger charge is -2.15. The van der Waals surface area contributed by atoms with Crippen molar-refractivity contribution in [3.05, 3.63) is 70.0 Å². The first-order chi connectivity index (χ1) is 17.2. The van der Waals surface area contributed by atoms with E-state index >= 15 is 0 Å². The van der Waals surface area contributed by atoms with E-state index in [4.69, 9.17) is 12.2 Å². The Bertz CT molecular complexity index is 1310. The van der Waals surface area contributed by atoms with E-state index in [9.17, 15) is 23.9 Å². The molecular formula is C25H28FN5O4S. The fraction of sp³-hybridized carbons (Fsp3) is 0.320. The van der Waals surface area contributed by atoms with Gasteiger partial charge >= 0.3 is 5.97 Å². The monoisotopic (exact) mass is 513 g/mol. The summed E-state index contributed by atoms with van der Waals surface area (Å²) in [7, 11) is 0. The number of hydrogen-bond acceptors (Lipinski definition) is 5. The molecule has 0 radical (unpaired) electrons. The number of nitrogens with zero attached hydrogens (tertiary/aromatic N) is 1. The molecule has 190 valence electrons. The van der Waals surface area contributed by atoms with Crippen LogP contribution in [0.1, 0.15) is 37.1 Å². The highest BCUT2D eigenvalue weighted by atomic mass is 32.1. The van der Waals surface area contributed by atoms with E-state index < -0.39 is 17.9 Å². The van der Waals surface area contributed by atoms with Gasteiger partial charge in [0.1, 0.15) is 17.7 Å². The molecule has 0 aliphatic rings. The van der Waals surface area contributed by atoms with Gasteiger partial charge in [0.05, 0.1) is 10.9 Å². The van der Waals surface area contributed by atoms with Crippen LogP contribution >= 0.6 is 12.2 Å². The van der Waals surface area contributed by atoms with Gasteiger partial charge in [0.25, 0.3) is 5.56 Å². The predicted octanol–water partition coefficient (Wildman–Crippen LogP) is 3.03. The molecular weight excluding hydrogens is 485 g/mol. The fourth-order valence-corrected chi connectivity index (χ4v) is 3.83. The van der Waals surface area contributed by atoms with Crippen molar-refractivity contribution >= 4 is 45.8 Å². The molecule has 1 amide bonds. The summed E-state index contributed by atoms with van der Waals surface area (Å²) in [4.78, 5) is 43.1. The molecule has 1 aromatic heterocycles. The molecule has 0 fully saturated rings. The number of carboxylic acid groups (broad SMARTS) is 1. The summed E-state index contributed by atoms with van der Waals surface area (Å²) in [6.45, 7) is 2.28. The van der Waals surface area contributed by atoms with E-state index in [1.807, 2.05) is 0 Å². The molecule has 0 bridgehead atoms. The van der Waals surface area contributed by atoms with Crippen molar-refractivity contribution < 1.29 is 19.1 Å². The summed E-state index contributed by atoms with van der Waals surface area (Å²) in [5, 5.41) is 18.9. The number of amides is 1. The summed E-state index contributed by atoms with van der Waals surface area (Å²) in [5.74, 6) is -1.50. The molecule has 1 atom stereocenters. The second-order valence-corrected chi connectivity index (χ2v) is 8.73. The maximum absolute atomic E-state index is 13.2. The van der Waals surface area contributed by atoms with Crippen LogP contribution in [0.4, 0.5) is 10.1 Å². The highest BCUT2D eigenvalue weighted by molar-refractivity contribution is 7.80. The SMILES string of the molecule is Cc1cc(F)ccc1NC(=S)NCCCC[C@H](NC(=O)CCc1nc2ccccc2c(=O)[nH]1)C(=O)O. The number of aryl methyl sites for hydroxylation is 2. The number of nitrogens with one attached hydrogen (secondary N) is 4. The topological polar surface area (TPSA) is 136 Å². The zero-order chi connectivity index (χ0) is 26.1. The Morgan fingerprint density at radius 1 is 1.19 bits per heavy atom. The molecule has 36 heavy (non-hydrogen) atoms. The fourth-order valence-electron chi connectivity index (χ4n) is 3.62. The van der Waals surface area contributed by atoms with E-state index in [0.29, 0.717) is 46.9 Å². The molecule has 1 heterocycles. The maximum Gasteiger partial charge on any atom is 0.326 e. The smallest absolute Gasteiger partial charge is 0.326 e. The number of rotatable bonds is 11. The Labute approximate surface area is 212 Å². The molecule has 11 heteroatoms. The van der Waals surface area contributed by atoms with Gasteiger partial charge in [-0.15, -0.1) is 0 Å². The molecule has 0 aliphatic heterocycles. The standard InChI is InChI=1S/C25H28FN5O4S/c1-15-14-16(26)9-10-18(15)30-25(36)27-13-5-4-8-20(24(34)35)29-22(32)12-11-21-28-19-7-3-2-6-17(19)23(33)31-21/h2-3,6-7,9-10,14,20H,4-5,8,11-13H2,1H3,(H,29,32)(H,34,35)(H2,27,30,36)(H,28,31,33)/t20-/m0/s1. The highest BCUT2D eigenvalue weighted by Crippen LogP contribution is 2.15. The Morgan fingerprint density at radius 3 is 2.72 bits per heavy atom. The number of benzene rings is 2. The lowest BCUT2D eigenvalue weighted by molar-refractivity contribution is -0.142. The van der Waals surface area contributed by atoms with Gasteiger partial charge in [-0.1, -0.05) is 12.1 Å². The third-order valence-electron chi connectivity index (χ3n) is 5.53. The van der Waals surface area contributed by atoms with Crippen molar-refractivity contribution in [3.8, 4) is 0 Å². The van der Waals surface area contributed by atoms with Gasteiger partial charge in [-0.05, 0) is 74.3 Å². The first kappa shape index (κ1) is 26.7. The first-order valence-corrected chi connectivity index (χ1v) is 11.9. The van der Waals surface area contributed by atoms with Gasteiger partial charge in [-0.3, -0.25) is 9.59 Å². The van der Waals surface area contributed by atoms with Crippen LogP contribution in [-0.4, -0.2) is 44.7 Å². The van der Waals surface area contributed by atoms with Crippen LogP contribution < -0.4 is 21.5 Å². The number of carbonyl (C=O) groups is 2. The molecule has 3 rings (SSSR count). The van der Waals surface area contributed by atoms with Crippen LogP contribution in [-0.2, 0) is 16.0 Å². The van der Waals surface area contributed by atoms with E-state index in [0.717, 1.165) is 5.56 Å². The minimum Gasteiger partial charge on any atom is -0.480 e. The van der Waals surface area contributed by atoms with Gasteiger partial charge in [0.15, 0.2) is 5.11 Å². The number of halogens is 1. The number of fused-ring (bicyclic) bond motifs is 1. The molecule has 3 aromatic rings. The Hall–Kier alpha value is -3.86. The summed E-state index contributed by atoms with van der Waals surface area (Å²) in [5.41, 5.74) is 1.68. The summed E-state index contributed by atoms with van der Waals surface area (Å²) < 4.78 is 13.2. The van der Waals surface area contributed by atoms with Gasteiger partial charge < -0.3 is 26.0 Å². The minimum absolute atomic E-state index is 0.00461. The van der Waals surface area contributed by atoms with Crippen LogP contribution in [0, 0.1) is 12.7 Å². The third-order valence-corrected chi connectivity index (χ3v) is 5.77. The predicted molar refractivity (Wildman–Crippen MR) is 139 cm³/mol. The van der Waals surface area contributed by atoms with Crippen molar-refractivity contribution in [2.45, 2.75) is 45.1 Å². The van der Waals surface area contributed by atoms with Crippen molar-refractivity contribution in [2.75, 3.05) is 11.9 Å². The Balaban J connectivity index is 1.39. The second-order valence-electron chi connectivity index (χ2n) is 8.32. The van der Waals surface area contributed by atoms with E-state index in [2.05, 4.69) is 25.9 Å². The number of aromatic amines is 1. The molecule has 9 nitrogen and oxygen atoms in total. The number of carboxylic acids is 1. The number of para-hydroxylation sites is 1. The van der Waals surface area contributed by atoms with Crippen molar-refractivity contribution in [1.82, 2.24) is 20.6 Å². The third kappa shape index (κ3) is 7.84. The zero-order valence-corrected chi connectivity index (χ0v) is 20.6. The number of thiocarbonyl (C=S) groups is 1. The van der Waals surface area contributed by atoms with Crippen molar-refractivity contribution in [1.29, 1.82) is 0 Å². The summed E-state index contributed by atoms with van der Waals surface area (Å²) in [6, 6.07) is 10.2.